The van der Waals surface area contributed by atoms with E-state index in [-0.39, 0.29) is 12.6 Å². The summed E-state index contributed by atoms with van der Waals surface area (Å²) in [5.74, 6) is 0.489. The molecule has 4 atom stereocenters. The van der Waals surface area contributed by atoms with Crippen LogP contribution in [0.4, 0.5) is 0 Å². The van der Waals surface area contributed by atoms with Crippen molar-refractivity contribution < 1.29 is 5.11 Å². The van der Waals surface area contributed by atoms with Crippen molar-refractivity contribution in [3.8, 4) is 0 Å². The molecule has 1 fully saturated rings. The van der Waals surface area contributed by atoms with Crippen LogP contribution in [0.1, 0.15) is 62.5 Å². The van der Waals surface area contributed by atoms with Gasteiger partial charge in [0.05, 0.1) is 30.2 Å². The Kier molecular flexibility index (Phi) is 6.68. The molecule has 3 aromatic rings. The van der Waals surface area contributed by atoms with Crippen LogP contribution in [0.15, 0.2) is 30.5 Å². The number of aliphatic hydroxyl groups excluding tert-OH is 1. The first-order valence-corrected chi connectivity index (χ1v) is 12.9. The van der Waals surface area contributed by atoms with Crippen molar-refractivity contribution in [2.45, 2.75) is 64.6 Å². The van der Waals surface area contributed by atoms with Gasteiger partial charge in [0.2, 0.25) is 0 Å². The first-order chi connectivity index (χ1) is 16.4. The van der Waals surface area contributed by atoms with E-state index in [2.05, 4.69) is 24.8 Å². The summed E-state index contributed by atoms with van der Waals surface area (Å²) in [7, 11) is 0. The van der Waals surface area contributed by atoms with E-state index < -0.39 is 0 Å². The molecule has 1 aliphatic carbocycles. The van der Waals surface area contributed by atoms with Crippen LogP contribution in [0.5, 0.6) is 0 Å². The van der Waals surface area contributed by atoms with Gasteiger partial charge in [-0.3, -0.25) is 4.90 Å². The normalized spacial score (nSPS) is 24.5. The molecule has 2 aromatic heterocycles. The van der Waals surface area contributed by atoms with E-state index in [1.54, 1.807) is 6.07 Å². The highest BCUT2D eigenvalue weighted by Crippen LogP contribution is 2.36. The minimum Gasteiger partial charge on any atom is -0.395 e. The topological polar surface area (TPSA) is 67.1 Å². The quantitative estimate of drug-likeness (QED) is 0.488. The lowest BCUT2D eigenvalue weighted by Crippen LogP contribution is -2.45. The molecule has 2 aliphatic rings. The molecule has 0 radical (unpaired) electrons. The van der Waals surface area contributed by atoms with Gasteiger partial charge in [0.1, 0.15) is 5.52 Å². The van der Waals surface area contributed by atoms with Crippen molar-refractivity contribution in [1.29, 1.82) is 0 Å². The van der Waals surface area contributed by atoms with Crippen molar-refractivity contribution in [3.63, 3.8) is 0 Å². The second-order valence-electron chi connectivity index (χ2n) is 9.73. The third-order valence-corrected chi connectivity index (χ3v) is 8.11. The Hall–Kier alpha value is -1.99. The summed E-state index contributed by atoms with van der Waals surface area (Å²) < 4.78 is 1.92. The van der Waals surface area contributed by atoms with Gasteiger partial charge in [0.15, 0.2) is 5.65 Å². The lowest BCUT2D eigenvalue weighted by Gasteiger charge is -2.38. The minimum absolute atomic E-state index is 0.111. The Labute approximate surface area is 210 Å². The molecule has 8 heteroatoms. The number of aryl methyl sites for hydroxylation is 1. The predicted molar refractivity (Wildman–Crippen MR) is 137 cm³/mol. The highest BCUT2D eigenvalue weighted by atomic mass is 35.5. The number of hydrogen-bond acceptors (Lipinski definition) is 5. The smallest absolute Gasteiger partial charge is 0.178 e. The van der Waals surface area contributed by atoms with Crippen LogP contribution in [0.25, 0.3) is 16.7 Å². The van der Waals surface area contributed by atoms with Gasteiger partial charge in [-0.2, -0.15) is 5.10 Å². The van der Waals surface area contributed by atoms with Gasteiger partial charge in [0.25, 0.3) is 0 Å². The summed E-state index contributed by atoms with van der Waals surface area (Å²) in [6, 6.07) is 6.22. The maximum atomic E-state index is 9.77. The minimum atomic E-state index is -0.111. The highest BCUT2D eigenvalue weighted by molar-refractivity contribution is 6.35. The lowest BCUT2D eigenvalue weighted by molar-refractivity contribution is 0.0910. The number of rotatable bonds is 5. The van der Waals surface area contributed by atoms with Crippen molar-refractivity contribution in [1.82, 2.24) is 24.6 Å². The Morgan fingerprint density at radius 3 is 2.82 bits per heavy atom. The van der Waals surface area contributed by atoms with E-state index in [1.165, 1.54) is 12.0 Å². The summed E-state index contributed by atoms with van der Waals surface area (Å²) in [5.41, 5.74) is 5.52. The van der Waals surface area contributed by atoms with Crippen LogP contribution < -0.4 is 0 Å². The Bertz CT molecular complexity index is 1240. The van der Waals surface area contributed by atoms with Gasteiger partial charge < -0.3 is 5.11 Å². The number of hydrogen-bond donors (Lipinski definition) is 1. The summed E-state index contributed by atoms with van der Waals surface area (Å²) in [5, 5.41) is 15.8. The molecule has 0 amide bonds. The summed E-state index contributed by atoms with van der Waals surface area (Å²) in [4.78, 5) is 12.3. The highest BCUT2D eigenvalue weighted by Gasteiger charge is 2.35. The van der Waals surface area contributed by atoms with E-state index in [1.807, 2.05) is 29.9 Å². The van der Waals surface area contributed by atoms with Gasteiger partial charge in [-0.15, -0.1) is 0 Å². The van der Waals surface area contributed by atoms with E-state index >= 15 is 0 Å². The number of aromatic nitrogens is 4. The van der Waals surface area contributed by atoms with E-state index in [0.717, 1.165) is 53.9 Å². The second kappa shape index (κ2) is 9.57. The molecule has 5 rings (SSSR count). The summed E-state index contributed by atoms with van der Waals surface area (Å²) in [6.45, 7) is 7.67. The molecule has 0 bridgehead atoms. The number of allylic oxidation sites excluding steroid dienone is 1. The zero-order chi connectivity index (χ0) is 24.0. The van der Waals surface area contributed by atoms with Gasteiger partial charge in [-0.1, -0.05) is 42.3 Å². The van der Waals surface area contributed by atoms with Gasteiger partial charge in [-0.05, 0) is 75.3 Å². The average Bonchev–Trinajstić information content (AvgIpc) is 3.42. The molecule has 6 nitrogen and oxygen atoms in total. The molecule has 180 valence electrons. The molecule has 1 N–H and O–H groups in total. The van der Waals surface area contributed by atoms with Crippen LogP contribution in [-0.4, -0.2) is 55.0 Å². The SMILES string of the molecule is Cc1nn(C(C)c2ccc(Cl)cc2Cl)c2nc(C3=CCC(N4CCCC4CO)C(C)C3)cnc12. The van der Waals surface area contributed by atoms with Gasteiger partial charge in [-0.25, -0.2) is 14.6 Å². The van der Waals surface area contributed by atoms with Crippen LogP contribution in [0, 0.1) is 12.8 Å². The maximum absolute atomic E-state index is 9.77. The summed E-state index contributed by atoms with van der Waals surface area (Å²) >= 11 is 12.6. The van der Waals surface area contributed by atoms with Crippen molar-refractivity contribution >= 4 is 39.9 Å². The molecule has 34 heavy (non-hydrogen) atoms. The average molecular weight is 500 g/mol. The van der Waals surface area contributed by atoms with E-state index in [0.29, 0.717) is 28.0 Å². The van der Waals surface area contributed by atoms with Crippen LogP contribution in [0.2, 0.25) is 10.0 Å². The number of nitrogens with zero attached hydrogens (tertiary/aromatic N) is 5. The monoisotopic (exact) mass is 499 g/mol. The lowest BCUT2D eigenvalue weighted by atomic mass is 9.83. The molecule has 0 spiro atoms. The van der Waals surface area contributed by atoms with E-state index in [4.69, 9.17) is 38.3 Å². The molecule has 1 aliphatic heterocycles. The molecular weight excluding hydrogens is 469 g/mol. The zero-order valence-corrected chi connectivity index (χ0v) is 21.4. The fourth-order valence-electron chi connectivity index (χ4n) is 5.67. The van der Waals surface area contributed by atoms with Crippen molar-refractivity contribution in [2.75, 3.05) is 13.2 Å². The Balaban J connectivity index is 1.46. The number of fused-ring (bicyclic) bond motifs is 1. The fraction of sp³-hybridized carbons (Fsp3) is 0.500. The second-order valence-corrected chi connectivity index (χ2v) is 10.6. The molecule has 1 aromatic carbocycles. The van der Waals surface area contributed by atoms with Crippen LogP contribution in [-0.2, 0) is 0 Å². The number of likely N-dealkylation sites (tertiary alicyclic amines) is 1. The van der Waals surface area contributed by atoms with Crippen LogP contribution >= 0.6 is 23.2 Å². The van der Waals surface area contributed by atoms with Crippen molar-refractivity contribution in [2.24, 2.45) is 5.92 Å². The first-order valence-electron chi connectivity index (χ1n) is 12.1. The summed E-state index contributed by atoms with van der Waals surface area (Å²) in [6.07, 6.45) is 8.39. The van der Waals surface area contributed by atoms with Crippen LogP contribution in [0.3, 0.4) is 0 Å². The number of halogens is 2. The largest absolute Gasteiger partial charge is 0.395 e. The first kappa shape index (κ1) is 23.7. The Morgan fingerprint density at radius 2 is 2.09 bits per heavy atom. The predicted octanol–water partition coefficient (Wildman–Crippen LogP) is 5.69. The molecule has 4 unspecified atom stereocenters. The fourth-order valence-corrected chi connectivity index (χ4v) is 6.24. The van der Waals surface area contributed by atoms with E-state index in [9.17, 15) is 5.11 Å². The maximum Gasteiger partial charge on any atom is 0.178 e. The van der Waals surface area contributed by atoms with Crippen molar-refractivity contribution in [3.05, 3.63) is 57.5 Å². The molecule has 1 saturated heterocycles. The standard InChI is InChI=1S/C26H31Cl2N5O/c1-15-11-18(6-9-24(15)32-10-4-5-20(32)14-34)23-13-29-25-16(2)31-33(26(25)30-23)17(3)21-8-7-19(27)12-22(21)28/h6-8,12-13,15,17,20,24,34H,4-5,9-11,14H2,1-3H3. The third kappa shape index (κ3) is 4.26. The number of benzene rings is 1. The number of aliphatic hydroxyl groups is 1. The zero-order valence-electron chi connectivity index (χ0n) is 19.9. The molecule has 0 saturated carbocycles. The van der Waals surface area contributed by atoms with Gasteiger partial charge >= 0.3 is 0 Å². The molecular formula is C26H31Cl2N5O. The molecule has 3 heterocycles. The Morgan fingerprint density at radius 1 is 1.26 bits per heavy atom. The third-order valence-electron chi connectivity index (χ3n) is 7.54. The van der Waals surface area contributed by atoms with Gasteiger partial charge in [0, 0.05) is 22.1 Å².